The molecule has 0 amide bonds. The molecule has 0 fully saturated rings. The van der Waals surface area contributed by atoms with Gasteiger partial charge in [0.25, 0.3) is 0 Å². The minimum absolute atomic E-state index is 0.259. The van der Waals surface area contributed by atoms with Crippen LogP contribution in [0.15, 0.2) is 57.9 Å². The number of ether oxygens (including phenoxy) is 2. The Labute approximate surface area is 159 Å². The molecule has 4 rings (SSSR count). The smallest absolute Gasteiger partial charge is 0.231 e. The first-order chi connectivity index (χ1) is 12.7. The Morgan fingerprint density at radius 1 is 1.15 bits per heavy atom. The maximum Gasteiger partial charge on any atom is 0.231 e. The van der Waals surface area contributed by atoms with Crippen molar-refractivity contribution in [2.75, 3.05) is 13.3 Å². The molecule has 2 heterocycles. The molecule has 3 aromatic rings. The number of benzene rings is 2. The Hall–Kier alpha value is -2.57. The molecule has 0 radical (unpaired) electrons. The predicted octanol–water partition coefficient (Wildman–Crippen LogP) is 4.40. The molecule has 7 heteroatoms. The van der Waals surface area contributed by atoms with Crippen LogP contribution in [0, 0.1) is 0 Å². The Balaban J connectivity index is 1.73. The van der Waals surface area contributed by atoms with Gasteiger partial charge in [0.05, 0.1) is 11.9 Å². The number of rotatable bonds is 4. The summed E-state index contributed by atoms with van der Waals surface area (Å²) in [5.41, 5.74) is 2.93. The van der Waals surface area contributed by atoms with Gasteiger partial charge in [0.1, 0.15) is 0 Å². The van der Waals surface area contributed by atoms with E-state index in [1.807, 2.05) is 54.1 Å². The summed E-state index contributed by atoms with van der Waals surface area (Å²) in [7, 11) is 0. The summed E-state index contributed by atoms with van der Waals surface area (Å²) in [6.45, 7) is 2.96. The van der Waals surface area contributed by atoms with E-state index < -0.39 is 0 Å². The molecule has 0 aliphatic carbocycles. The highest BCUT2D eigenvalue weighted by molar-refractivity contribution is 7.07. The van der Waals surface area contributed by atoms with Crippen LogP contribution in [0.1, 0.15) is 12.5 Å². The second kappa shape index (κ2) is 7.35. The van der Waals surface area contributed by atoms with Gasteiger partial charge in [-0.2, -0.15) is 5.10 Å². The van der Waals surface area contributed by atoms with Gasteiger partial charge in [-0.1, -0.05) is 23.7 Å². The van der Waals surface area contributed by atoms with Crippen molar-refractivity contribution in [1.29, 1.82) is 0 Å². The summed E-state index contributed by atoms with van der Waals surface area (Å²) < 4.78 is 12.6. The zero-order valence-corrected chi connectivity index (χ0v) is 15.6. The number of nitrogens with zero attached hydrogens (tertiary/aromatic N) is 3. The molecule has 5 nitrogen and oxygen atoms in total. The van der Waals surface area contributed by atoms with Crippen LogP contribution in [0.5, 0.6) is 11.5 Å². The van der Waals surface area contributed by atoms with Gasteiger partial charge in [-0.05, 0) is 42.8 Å². The van der Waals surface area contributed by atoms with E-state index in [2.05, 4.69) is 15.5 Å². The van der Waals surface area contributed by atoms with Crippen molar-refractivity contribution >= 4 is 29.2 Å². The van der Waals surface area contributed by atoms with Gasteiger partial charge < -0.3 is 9.47 Å². The normalized spacial score (nSPS) is 13.7. The molecule has 0 unspecified atom stereocenters. The zero-order chi connectivity index (χ0) is 17.9. The van der Waals surface area contributed by atoms with Crippen molar-refractivity contribution in [3.63, 3.8) is 0 Å². The zero-order valence-electron chi connectivity index (χ0n) is 14.1. The summed E-state index contributed by atoms with van der Waals surface area (Å²) in [5, 5.41) is 7.41. The molecule has 26 heavy (non-hydrogen) atoms. The molecule has 1 aliphatic heterocycles. The van der Waals surface area contributed by atoms with Crippen LogP contribution >= 0.6 is 22.9 Å². The molecular formula is C19H16ClN3O2S. The fourth-order valence-electron chi connectivity index (χ4n) is 2.59. The molecule has 0 saturated heterocycles. The second-order valence-corrected chi connectivity index (χ2v) is 6.83. The molecule has 0 atom stereocenters. The largest absolute Gasteiger partial charge is 0.454 e. The first kappa shape index (κ1) is 16.9. The molecular weight excluding hydrogens is 370 g/mol. The number of aromatic nitrogens is 1. The lowest BCUT2D eigenvalue weighted by molar-refractivity contribution is 0.174. The van der Waals surface area contributed by atoms with Gasteiger partial charge in [0.15, 0.2) is 11.5 Å². The third kappa shape index (κ3) is 3.38. The molecule has 2 aromatic carbocycles. The van der Waals surface area contributed by atoms with Crippen LogP contribution in [0.25, 0.3) is 11.3 Å². The van der Waals surface area contributed by atoms with Crippen molar-refractivity contribution in [3.8, 4) is 22.8 Å². The van der Waals surface area contributed by atoms with Gasteiger partial charge in [0.2, 0.25) is 11.6 Å². The van der Waals surface area contributed by atoms with Crippen molar-refractivity contribution < 1.29 is 9.47 Å². The van der Waals surface area contributed by atoms with Crippen molar-refractivity contribution in [1.82, 2.24) is 4.68 Å². The molecule has 1 aliphatic rings. The summed E-state index contributed by atoms with van der Waals surface area (Å²) in [4.78, 5) is 5.38. The van der Waals surface area contributed by atoms with Gasteiger partial charge >= 0.3 is 0 Å². The van der Waals surface area contributed by atoms with Gasteiger partial charge in [0, 0.05) is 22.5 Å². The van der Waals surface area contributed by atoms with Crippen LogP contribution < -0.4 is 14.3 Å². The van der Waals surface area contributed by atoms with Crippen LogP contribution in [0.2, 0.25) is 5.02 Å². The Kier molecular flexibility index (Phi) is 4.77. The fraction of sp³-hybridized carbons (Fsp3) is 0.158. The van der Waals surface area contributed by atoms with E-state index >= 15 is 0 Å². The van der Waals surface area contributed by atoms with Crippen molar-refractivity contribution in [2.45, 2.75) is 6.92 Å². The lowest BCUT2D eigenvalue weighted by Crippen LogP contribution is -2.12. The van der Waals surface area contributed by atoms with E-state index in [1.54, 1.807) is 17.6 Å². The van der Waals surface area contributed by atoms with Gasteiger partial charge in [-0.25, -0.2) is 4.68 Å². The number of hydrogen-bond donors (Lipinski definition) is 0. The number of thiazole rings is 1. The minimum Gasteiger partial charge on any atom is -0.454 e. The number of halogens is 1. The van der Waals surface area contributed by atoms with E-state index in [1.165, 1.54) is 0 Å². The number of fused-ring (bicyclic) bond motifs is 1. The van der Waals surface area contributed by atoms with E-state index in [-0.39, 0.29) is 6.79 Å². The number of hydrogen-bond acceptors (Lipinski definition) is 5. The lowest BCUT2D eigenvalue weighted by Gasteiger charge is -2.04. The highest BCUT2D eigenvalue weighted by atomic mass is 35.5. The monoisotopic (exact) mass is 385 g/mol. The Morgan fingerprint density at radius 2 is 1.96 bits per heavy atom. The molecule has 0 bridgehead atoms. The first-order valence-corrected chi connectivity index (χ1v) is 9.41. The van der Waals surface area contributed by atoms with Crippen LogP contribution in [0.4, 0.5) is 0 Å². The average molecular weight is 386 g/mol. The maximum atomic E-state index is 6.01. The molecule has 1 aromatic heterocycles. The van der Waals surface area contributed by atoms with Crippen molar-refractivity contribution in [2.24, 2.45) is 10.1 Å². The molecule has 132 valence electrons. The topological polar surface area (TPSA) is 48.1 Å². The third-order valence-corrected chi connectivity index (χ3v) is 4.94. The van der Waals surface area contributed by atoms with E-state index in [4.69, 9.17) is 21.1 Å². The lowest BCUT2D eigenvalue weighted by atomic mass is 10.2. The average Bonchev–Trinajstić information content (AvgIpc) is 3.27. The van der Waals surface area contributed by atoms with E-state index in [0.717, 1.165) is 33.1 Å². The quantitative estimate of drug-likeness (QED) is 0.625. The standard InChI is InChI=1S/C19H16ClN3O2S/c1-2-21-19-23(16(11-26-19)14-4-6-15(20)7-5-14)22-10-13-3-8-17-18(9-13)25-12-24-17/h3-11H,2,12H2,1H3/b21-19?,22-10+. The minimum atomic E-state index is 0.259. The van der Waals surface area contributed by atoms with Gasteiger partial charge in [-0.15, -0.1) is 11.3 Å². The summed E-state index contributed by atoms with van der Waals surface area (Å²) >= 11 is 7.57. The summed E-state index contributed by atoms with van der Waals surface area (Å²) in [5.74, 6) is 1.49. The highest BCUT2D eigenvalue weighted by Crippen LogP contribution is 2.32. The van der Waals surface area contributed by atoms with Gasteiger partial charge in [-0.3, -0.25) is 4.99 Å². The van der Waals surface area contributed by atoms with E-state index in [0.29, 0.717) is 11.6 Å². The highest BCUT2D eigenvalue weighted by Gasteiger charge is 2.13. The Bertz CT molecular complexity index is 1020. The SMILES string of the molecule is CCN=c1scc(-c2ccc(Cl)cc2)n1/N=C/c1ccc2c(c1)OCO2. The fourth-order valence-corrected chi connectivity index (χ4v) is 3.62. The van der Waals surface area contributed by atoms with Crippen LogP contribution in [0.3, 0.4) is 0 Å². The second-order valence-electron chi connectivity index (χ2n) is 5.55. The molecule has 0 saturated carbocycles. The summed E-state index contributed by atoms with van der Waals surface area (Å²) in [6, 6.07) is 13.5. The van der Waals surface area contributed by atoms with E-state index in [9.17, 15) is 0 Å². The third-order valence-electron chi connectivity index (χ3n) is 3.84. The maximum absolute atomic E-state index is 6.01. The Morgan fingerprint density at radius 3 is 2.77 bits per heavy atom. The van der Waals surface area contributed by atoms with Crippen molar-refractivity contribution in [3.05, 3.63) is 63.2 Å². The molecule has 0 N–H and O–H groups in total. The summed E-state index contributed by atoms with van der Waals surface area (Å²) in [6.07, 6.45) is 1.79. The van der Waals surface area contributed by atoms with Crippen LogP contribution in [-0.2, 0) is 0 Å². The predicted molar refractivity (Wildman–Crippen MR) is 104 cm³/mol. The first-order valence-electron chi connectivity index (χ1n) is 8.15. The van der Waals surface area contributed by atoms with Crippen LogP contribution in [-0.4, -0.2) is 24.2 Å². The molecule has 0 spiro atoms.